The van der Waals surface area contributed by atoms with Gasteiger partial charge in [0, 0.05) is 38.1 Å². The van der Waals surface area contributed by atoms with Crippen LogP contribution in [-0.4, -0.2) is 57.1 Å². The Morgan fingerprint density at radius 2 is 1.64 bits per heavy atom. The number of nitrogens with one attached hydrogen (secondary N) is 1. The van der Waals surface area contributed by atoms with Crippen LogP contribution in [0, 0.1) is 13.8 Å². The van der Waals surface area contributed by atoms with Crippen molar-refractivity contribution in [3.05, 3.63) is 59.9 Å². The maximum atomic E-state index is 12.5. The number of hydrogen-bond donors (Lipinski definition) is 1. The molecule has 28 heavy (non-hydrogen) atoms. The molecule has 0 bridgehead atoms. The zero-order chi connectivity index (χ0) is 19.5. The summed E-state index contributed by atoms with van der Waals surface area (Å²) in [4.78, 5) is 16.5. The molecule has 1 N–H and O–H groups in total. The van der Waals surface area contributed by atoms with Gasteiger partial charge in [-0.25, -0.2) is 9.48 Å². The summed E-state index contributed by atoms with van der Waals surface area (Å²) in [6.45, 7) is 6.64. The van der Waals surface area contributed by atoms with Crippen molar-refractivity contribution in [2.45, 2.75) is 13.8 Å². The van der Waals surface area contributed by atoms with Gasteiger partial charge in [0.05, 0.1) is 5.69 Å². The molecule has 0 aliphatic carbocycles. The van der Waals surface area contributed by atoms with Crippen molar-refractivity contribution in [1.82, 2.24) is 24.9 Å². The first kappa shape index (κ1) is 18.0. The second-order valence-electron chi connectivity index (χ2n) is 6.87. The first-order valence-electron chi connectivity index (χ1n) is 9.33. The number of urea groups is 1. The predicted molar refractivity (Wildman–Crippen MR) is 108 cm³/mol. The van der Waals surface area contributed by atoms with Crippen molar-refractivity contribution >= 4 is 17.5 Å². The number of carbonyl (C=O) groups excluding carboxylic acids is 1. The number of hydrogen-bond acceptors (Lipinski definition) is 5. The molecule has 1 aliphatic heterocycles. The molecule has 2 aromatic heterocycles. The molecule has 1 aromatic carbocycles. The summed E-state index contributed by atoms with van der Waals surface area (Å²) in [6, 6.07) is 13.5. The molecule has 1 aliphatic rings. The number of aromatic nitrogens is 4. The monoisotopic (exact) mass is 377 g/mol. The Labute approximate surface area is 163 Å². The molecule has 4 rings (SSSR count). The van der Waals surface area contributed by atoms with Crippen LogP contribution < -0.4 is 10.2 Å². The highest BCUT2D eigenvalue weighted by molar-refractivity contribution is 5.90. The molecule has 144 valence electrons. The maximum absolute atomic E-state index is 12.5. The molecule has 3 heterocycles. The van der Waals surface area contributed by atoms with Gasteiger partial charge in [-0.15, -0.1) is 10.2 Å². The minimum Gasteiger partial charge on any atom is -0.352 e. The van der Waals surface area contributed by atoms with E-state index < -0.39 is 0 Å². The van der Waals surface area contributed by atoms with Crippen LogP contribution in [0.3, 0.4) is 0 Å². The number of benzene rings is 1. The van der Waals surface area contributed by atoms with Gasteiger partial charge in [-0.2, -0.15) is 5.10 Å². The minimum absolute atomic E-state index is 0.0653. The summed E-state index contributed by atoms with van der Waals surface area (Å²) in [5, 5.41) is 15.9. The van der Waals surface area contributed by atoms with E-state index in [4.69, 9.17) is 0 Å². The maximum Gasteiger partial charge on any atom is 0.321 e. The van der Waals surface area contributed by atoms with E-state index in [-0.39, 0.29) is 6.03 Å². The van der Waals surface area contributed by atoms with E-state index in [1.165, 1.54) is 0 Å². The van der Waals surface area contributed by atoms with Crippen LogP contribution in [-0.2, 0) is 0 Å². The molecule has 8 heteroatoms. The normalized spacial score (nSPS) is 14.2. The van der Waals surface area contributed by atoms with E-state index in [1.54, 1.807) is 4.68 Å². The van der Waals surface area contributed by atoms with E-state index >= 15 is 0 Å². The number of aryl methyl sites for hydroxylation is 2. The molecular weight excluding hydrogens is 354 g/mol. The summed E-state index contributed by atoms with van der Waals surface area (Å²) >= 11 is 0. The van der Waals surface area contributed by atoms with E-state index in [9.17, 15) is 4.79 Å². The van der Waals surface area contributed by atoms with Crippen molar-refractivity contribution in [1.29, 1.82) is 0 Å². The zero-order valence-electron chi connectivity index (χ0n) is 16.0. The Kier molecular flexibility index (Phi) is 4.92. The number of anilines is 2. The zero-order valence-corrected chi connectivity index (χ0v) is 16.0. The van der Waals surface area contributed by atoms with Gasteiger partial charge in [0.1, 0.15) is 0 Å². The average Bonchev–Trinajstić information content (AvgIpc) is 3.16. The molecule has 3 aromatic rings. The predicted octanol–water partition coefficient (Wildman–Crippen LogP) is 2.63. The molecule has 0 atom stereocenters. The van der Waals surface area contributed by atoms with Gasteiger partial charge in [0.25, 0.3) is 0 Å². The van der Waals surface area contributed by atoms with Gasteiger partial charge in [-0.1, -0.05) is 18.2 Å². The van der Waals surface area contributed by atoms with Crippen LogP contribution in [0.1, 0.15) is 11.3 Å². The fourth-order valence-electron chi connectivity index (χ4n) is 3.20. The largest absolute Gasteiger partial charge is 0.352 e. The van der Waals surface area contributed by atoms with Crippen molar-refractivity contribution in [3.63, 3.8) is 0 Å². The SMILES string of the molecule is Cc1ccn(-c2ccc(N3CCN(C(=O)Nc4ccccc4C)CC3)nn2)n1. The number of carbonyl (C=O) groups is 1. The van der Waals surface area contributed by atoms with Gasteiger partial charge < -0.3 is 15.1 Å². The van der Waals surface area contributed by atoms with E-state index in [0.29, 0.717) is 18.9 Å². The Morgan fingerprint density at radius 3 is 2.29 bits per heavy atom. The Bertz CT molecular complexity index is 959. The van der Waals surface area contributed by atoms with E-state index in [0.717, 1.165) is 35.9 Å². The highest BCUT2D eigenvalue weighted by atomic mass is 16.2. The highest BCUT2D eigenvalue weighted by Crippen LogP contribution is 2.17. The van der Waals surface area contributed by atoms with Crippen LogP contribution in [0.25, 0.3) is 5.82 Å². The number of rotatable bonds is 3. The number of nitrogens with zero attached hydrogens (tertiary/aromatic N) is 6. The van der Waals surface area contributed by atoms with Crippen LogP contribution in [0.2, 0.25) is 0 Å². The van der Waals surface area contributed by atoms with Gasteiger partial charge in [0.2, 0.25) is 0 Å². The number of piperazine rings is 1. The van der Waals surface area contributed by atoms with Gasteiger partial charge >= 0.3 is 6.03 Å². The van der Waals surface area contributed by atoms with Crippen LogP contribution >= 0.6 is 0 Å². The summed E-state index contributed by atoms with van der Waals surface area (Å²) in [6.07, 6.45) is 1.87. The second kappa shape index (κ2) is 7.67. The molecular formula is C20H23N7O. The summed E-state index contributed by atoms with van der Waals surface area (Å²) in [7, 11) is 0. The lowest BCUT2D eigenvalue weighted by Gasteiger charge is -2.35. The van der Waals surface area contributed by atoms with Crippen LogP contribution in [0.15, 0.2) is 48.7 Å². The summed E-state index contributed by atoms with van der Waals surface area (Å²) in [5.41, 5.74) is 2.84. The molecule has 0 saturated carbocycles. The highest BCUT2D eigenvalue weighted by Gasteiger charge is 2.22. The lowest BCUT2D eigenvalue weighted by atomic mass is 10.2. The quantitative estimate of drug-likeness (QED) is 0.759. The lowest BCUT2D eigenvalue weighted by Crippen LogP contribution is -2.50. The van der Waals surface area contributed by atoms with Crippen molar-refractivity contribution < 1.29 is 4.79 Å². The van der Waals surface area contributed by atoms with E-state index in [2.05, 4.69) is 25.5 Å². The average molecular weight is 377 g/mol. The molecule has 0 spiro atoms. The van der Waals surface area contributed by atoms with E-state index in [1.807, 2.05) is 67.4 Å². The Hall–Kier alpha value is -3.42. The van der Waals surface area contributed by atoms with Crippen molar-refractivity contribution in [2.75, 3.05) is 36.4 Å². The molecule has 1 fully saturated rings. The molecule has 0 radical (unpaired) electrons. The third-order valence-electron chi connectivity index (χ3n) is 4.87. The van der Waals surface area contributed by atoms with Gasteiger partial charge in [0.15, 0.2) is 11.6 Å². The molecule has 1 saturated heterocycles. The van der Waals surface area contributed by atoms with Gasteiger partial charge in [-0.3, -0.25) is 0 Å². The van der Waals surface area contributed by atoms with Crippen molar-refractivity contribution in [2.24, 2.45) is 0 Å². The van der Waals surface area contributed by atoms with Gasteiger partial charge in [-0.05, 0) is 43.7 Å². The van der Waals surface area contributed by atoms with Crippen LogP contribution in [0.5, 0.6) is 0 Å². The third kappa shape index (κ3) is 3.80. The number of para-hydroxylation sites is 1. The first-order valence-corrected chi connectivity index (χ1v) is 9.33. The molecule has 8 nitrogen and oxygen atoms in total. The minimum atomic E-state index is -0.0653. The first-order chi connectivity index (χ1) is 13.6. The topological polar surface area (TPSA) is 79.2 Å². The Balaban J connectivity index is 1.35. The lowest BCUT2D eigenvalue weighted by molar-refractivity contribution is 0.208. The Morgan fingerprint density at radius 1 is 0.929 bits per heavy atom. The number of amides is 2. The fraction of sp³-hybridized carbons (Fsp3) is 0.300. The fourth-order valence-corrected chi connectivity index (χ4v) is 3.20. The molecule has 0 unspecified atom stereocenters. The smallest absolute Gasteiger partial charge is 0.321 e. The molecule has 2 amide bonds. The van der Waals surface area contributed by atoms with Crippen molar-refractivity contribution in [3.8, 4) is 5.82 Å². The summed E-state index contributed by atoms with van der Waals surface area (Å²) in [5.74, 6) is 1.50. The third-order valence-corrected chi connectivity index (χ3v) is 4.87. The standard InChI is InChI=1S/C20H23N7O/c1-15-5-3-4-6-17(15)21-20(28)26-13-11-25(12-14-26)18-7-8-19(23-22-18)27-10-9-16(2)24-27/h3-10H,11-14H2,1-2H3,(H,21,28). The van der Waals surface area contributed by atoms with Crippen LogP contribution in [0.4, 0.5) is 16.3 Å². The second-order valence-corrected chi connectivity index (χ2v) is 6.87. The summed E-state index contributed by atoms with van der Waals surface area (Å²) < 4.78 is 1.71.